The van der Waals surface area contributed by atoms with Gasteiger partial charge in [-0.2, -0.15) is 0 Å². The van der Waals surface area contributed by atoms with Gasteiger partial charge in [0.1, 0.15) is 0 Å². The Labute approximate surface area is 101 Å². The first-order valence-electron chi connectivity index (χ1n) is 6.04. The van der Waals surface area contributed by atoms with Gasteiger partial charge in [0.15, 0.2) is 0 Å². The van der Waals surface area contributed by atoms with E-state index in [9.17, 15) is 0 Å². The summed E-state index contributed by atoms with van der Waals surface area (Å²) in [5.41, 5.74) is 5.47. The van der Waals surface area contributed by atoms with Gasteiger partial charge in [-0.1, -0.05) is 5.10 Å². The Kier molecular flexibility index (Phi) is 3.96. The van der Waals surface area contributed by atoms with Crippen LogP contribution in [0, 0.1) is 5.92 Å². The third-order valence-electron chi connectivity index (χ3n) is 3.21. The average molecular weight is 240 g/mol. The molecular formula is C11H20N4O2. The lowest BCUT2D eigenvalue weighted by molar-refractivity contribution is 0.201. The number of nitrogens with two attached hydrogens (primary N) is 1. The number of anilines is 1. The lowest BCUT2D eigenvalue weighted by Crippen LogP contribution is -2.37. The van der Waals surface area contributed by atoms with Gasteiger partial charge in [-0.15, -0.1) is 5.10 Å². The fourth-order valence-corrected chi connectivity index (χ4v) is 1.94. The fraction of sp³-hybridized carbons (Fsp3) is 0.818. The van der Waals surface area contributed by atoms with Crippen molar-refractivity contribution in [2.24, 2.45) is 11.7 Å². The summed E-state index contributed by atoms with van der Waals surface area (Å²) in [6, 6.07) is 0.970. The van der Waals surface area contributed by atoms with Crippen LogP contribution in [0.15, 0.2) is 4.42 Å². The van der Waals surface area contributed by atoms with E-state index in [0.717, 1.165) is 12.5 Å². The molecule has 0 aliphatic heterocycles. The number of ether oxygens (including phenoxy) is 1. The summed E-state index contributed by atoms with van der Waals surface area (Å²) in [7, 11) is 1.69. The molecule has 1 unspecified atom stereocenters. The number of rotatable bonds is 7. The molecule has 1 aromatic heterocycles. The van der Waals surface area contributed by atoms with Crippen molar-refractivity contribution >= 4 is 6.01 Å². The van der Waals surface area contributed by atoms with Crippen molar-refractivity contribution in [3.63, 3.8) is 0 Å². The summed E-state index contributed by atoms with van der Waals surface area (Å²) >= 11 is 0. The number of hydrogen-bond acceptors (Lipinski definition) is 6. The molecule has 0 spiro atoms. The molecule has 1 aliphatic rings. The molecular weight excluding hydrogens is 220 g/mol. The zero-order valence-corrected chi connectivity index (χ0v) is 10.4. The van der Waals surface area contributed by atoms with Crippen LogP contribution in [0.2, 0.25) is 0 Å². The Morgan fingerprint density at radius 2 is 2.29 bits per heavy atom. The normalized spacial score (nSPS) is 17.1. The third kappa shape index (κ3) is 2.95. The zero-order valence-electron chi connectivity index (χ0n) is 10.4. The minimum absolute atomic E-state index is 0.281. The predicted octanol–water partition coefficient (Wildman–Crippen LogP) is 0.780. The van der Waals surface area contributed by atoms with Crippen LogP contribution in [0.1, 0.15) is 25.7 Å². The van der Waals surface area contributed by atoms with Crippen LogP contribution in [-0.4, -0.2) is 36.5 Å². The van der Waals surface area contributed by atoms with E-state index in [0.29, 0.717) is 24.6 Å². The Balaban J connectivity index is 2.07. The zero-order chi connectivity index (χ0) is 12.3. The van der Waals surface area contributed by atoms with Crippen molar-refractivity contribution in [3.05, 3.63) is 5.89 Å². The average Bonchev–Trinajstić information content (AvgIpc) is 3.09. The van der Waals surface area contributed by atoms with Crippen molar-refractivity contribution in [2.45, 2.75) is 32.4 Å². The van der Waals surface area contributed by atoms with Gasteiger partial charge >= 0.3 is 6.01 Å². The van der Waals surface area contributed by atoms with Crippen LogP contribution < -0.4 is 10.6 Å². The first-order valence-corrected chi connectivity index (χ1v) is 6.04. The van der Waals surface area contributed by atoms with Gasteiger partial charge in [-0.05, 0) is 25.7 Å². The molecule has 6 nitrogen and oxygen atoms in total. The Morgan fingerprint density at radius 3 is 2.82 bits per heavy atom. The molecule has 1 aromatic rings. The minimum atomic E-state index is 0.281. The maximum atomic E-state index is 5.51. The van der Waals surface area contributed by atoms with Crippen LogP contribution in [0.5, 0.6) is 0 Å². The maximum absolute atomic E-state index is 5.51. The van der Waals surface area contributed by atoms with Crippen molar-refractivity contribution in [1.82, 2.24) is 10.2 Å². The van der Waals surface area contributed by atoms with E-state index < -0.39 is 0 Å². The summed E-state index contributed by atoms with van der Waals surface area (Å²) in [4.78, 5) is 2.12. The van der Waals surface area contributed by atoms with Crippen molar-refractivity contribution in [1.29, 1.82) is 0 Å². The summed E-state index contributed by atoms with van der Waals surface area (Å²) in [5, 5.41) is 7.95. The van der Waals surface area contributed by atoms with Gasteiger partial charge in [0, 0.05) is 19.7 Å². The van der Waals surface area contributed by atoms with Crippen LogP contribution in [0.25, 0.3) is 0 Å². The fourth-order valence-electron chi connectivity index (χ4n) is 1.94. The lowest BCUT2D eigenvalue weighted by atomic mass is 10.2. The molecule has 1 heterocycles. The Bertz CT molecular complexity index is 351. The highest BCUT2D eigenvalue weighted by Gasteiger charge is 2.34. The molecule has 2 rings (SSSR count). The summed E-state index contributed by atoms with van der Waals surface area (Å²) in [6.07, 6.45) is 2.56. The molecule has 6 heteroatoms. The molecule has 0 radical (unpaired) electrons. The van der Waals surface area contributed by atoms with E-state index in [1.807, 2.05) is 0 Å². The van der Waals surface area contributed by atoms with Crippen LogP contribution in [0.3, 0.4) is 0 Å². The van der Waals surface area contributed by atoms with E-state index >= 15 is 0 Å². The number of hydrogen-bond donors (Lipinski definition) is 1. The van der Waals surface area contributed by atoms with E-state index in [2.05, 4.69) is 22.0 Å². The first kappa shape index (κ1) is 12.3. The van der Waals surface area contributed by atoms with Gasteiger partial charge in [-0.25, -0.2) is 0 Å². The second kappa shape index (κ2) is 5.46. The van der Waals surface area contributed by atoms with E-state index in [-0.39, 0.29) is 6.54 Å². The van der Waals surface area contributed by atoms with Crippen LogP contribution in [0.4, 0.5) is 6.01 Å². The maximum Gasteiger partial charge on any atom is 0.318 e. The third-order valence-corrected chi connectivity index (χ3v) is 3.21. The molecule has 96 valence electrons. The largest absolute Gasteiger partial charge is 0.407 e. The van der Waals surface area contributed by atoms with Gasteiger partial charge in [0.25, 0.3) is 0 Å². The molecule has 1 fully saturated rings. The predicted molar refractivity (Wildman–Crippen MR) is 63.6 cm³/mol. The molecule has 0 aromatic carbocycles. The molecule has 0 saturated heterocycles. The van der Waals surface area contributed by atoms with Crippen molar-refractivity contribution < 1.29 is 9.15 Å². The smallest absolute Gasteiger partial charge is 0.318 e. The van der Waals surface area contributed by atoms with Crippen LogP contribution in [-0.2, 0) is 11.3 Å². The van der Waals surface area contributed by atoms with E-state index in [4.69, 9.17) is 14.9 Å². The highest BCUT2D eigenvalue weighted by molar-refractivity contribution is 5.27. The van der Waals surface area contributed by atoms with E-state index in [1.54, 1.807) is 7.11 Å². The minimum Gasteiger partial charge on any atom is -0.407 e. The number of nitrogens with zero attached hydrogens (tertiary/aromatic N) is 3. The second-order valence-corrected chi connectivity index (χ2v) is 4.45. The van der Waals surface area contributed by atoms with Crippen molar-refractivity contribution in [3.8, 4) is 0 Å². The molecule has 1 saturated carbocycles. The number of methoxy groups -OCH3 is 1. The lowest BCUT2D eigenvalue weighted by Gasteiger charge is -2.26. The molecule has 0 amide bonds. The first-order chi connectivity index (χ1) is 8.26. The quantitative estimate of drug-likeness (QED) is 0.759. The molecule has 0 bridgehead atoms. The summed E-state index contributed by atoms with van der Waals surface area (Å²) < 4.78 is 10.6. The van der Waals surface area contributed by atoms with Gasteiger partial charge in [0.05, 0.1) is 13.2 Å². The highest BCUT2D eigenvalue weighted by atomic mass is 16.5. The van der Waals surface area contributed by atoms with E-state index in [1.165, 1.54) is 12.8 Å². The van der Waals surface area contributed by atoms with Crippen LogP contribution >= 0.6 is 0 Å². The molecule has 2 N–H and O–H groups in total. The second-order valence-electron chi connectivity index (χ2n) is 4.45. The summed E-state index contributed by atoms with van der Waals surface area (Å²) in [6.45, 7) is 3.89. The Morgan fingerprint density at radius 1 is 1.53 bits per heavy atom. The van der Waals surface area contributed by atoms with Crippen molar-refractivity contribution in [2.75, 3.05) is 25.2 Å². The molecule has 1 atom stereocenters. The highest BCUT2D eigenvalue weighted by Crippen LogP contribution is 2.36. The topological polar surface area (TPSA) is 77.4 Å². The van der Waals surface area contributed by atoms with Gasteiger partial charge < -0.3 is 19.8 Å². The molecule has 17 heavy (non-hydrogen) atoms. The van der Waals surface area contributed by atoms with Gasteiger partial charge in [-0.3, -0.25) is 0 Å². The molecule has 1 aliphatic carbocycles. The van der Waals surface area contributed by atoms with Gasteiger partial charge in [0.2, 0.25) is 5.89 Å². The Hall–Kier alpha value is -1.14. The monoisotopic (exact) mass is 240 g/mol. The SMILES string of the molecule is COCCN(c1nnc(CN)o1)C(C)C1CC1. The standard InChI is InChI=1S/C11H20N4O2/c1-8(9-3-4-9)15(5-6-16-2)11-14-13-10(7-12)17-11/h8-9H,3-7,12H2,1-2H3. The summed E-state index contributed by atoms with van der Waals surface area (Å²) in [5.74, 6) is 1.21. The number of aromatic nitrogens is 2.